The first-order valence-electron chi connectivity index (χ1n) is 18.7. The van der Waals surface area contributed by atoms with E-state index in [1.54, 1.807) is 0 Å². The molecule has 0 aliphatic heterocycles. The highest BCUT2D eigenvalue weighted by atomic mass is 32.1. The van der Waals surface area contributed by atoms with E-state index >= 15 is 0 Å². The number of anilines is 3. The van der Waals surface area contributed by atoms with E-state index in [1.807, 2.05) is 35.6 Å². The van der Waals surface area contributed by atoms with E-state index in [0.717, 1.165) is 55.9 Å². The van der Waals surface area contributed by atoms with E-state index in [2.05, 4.69) is 164 Å². The molecule has 9 aromatic rings. The average molecular weight is 758 g/mol. The first kappa shape index (κ1) is 34.1. The van der Waals surface area contributed by atoms with E-state index in [-0.39, 0.29) is 0 Å². The van der Waals surface area contributed by atoms with Gasteiger partial charge in [0.25, 0.3) is 0 Å². The van der Waals surface area contributed by atoms with Crippen LogP contribution in [0, 0.1) is 13.8 Å². The Morgan fingerprint density at radius 1 is 0.536 bits per heavy atom. The van der Waals surface area contributed by atoms with Crippen LogP contribution in [0.4, 0.5) is 17.1 Å². The van der Waals surface area contributed by atoms with Crippen LogP contribution in [0.5, 0.6) is 0 Å². The van der Waals surface area contributed by atoms with Gasteiger partial charge in [-0.2, -0.15) is 8.75 Å². The van der Waals surface area contributed by atoms with E-state index in [0.29, 0.717) is 5.56 Å². The van der Waals surface area contributed by atoms with E-state index in [4.69, 9.17) is 8.75 Å². The van der Waals surface area contributed by atoms with Crippen molar-refractivity contribution >= 4 is 57.4 Å². The van der Waals surface area contributed by atoms with Gasteiger partial charge in [0.05, 0.1) is 17.1 Å². The van der Waals surface area contributed by atoms with Gasteiger partial charge in [-0.25, -0.2) is 0 Å². The highest BCUT2D eigenvalue weighted by Crippen LogP contribution is 2.61. The van der Waals surface area contributed by atoms with Crippen molar-refractivity contribution in [1.29, 1.82) is 0 Å². The molecule has 7 aromatic carbocycles. The monoisotopic (exact) mass is 757 g/mol. The summed E-state index contributed by atoms with van der Waals surface area (Å²) in [6.07, 6.45) is 0.873. The third-order valence-electron chi connectivity index (χ3n) is 11.1. The number of rotatable bonds is 8. The number of aryl methyl sites for hydroxylation is 2. The molecule has 0 spiro atoms. The number of hydrogen-bond donors (Lipinski definition) is 0. The van der Waals surface area contributed by atoms with Crippen molar-refractivity contribution in [3.8, 4) is 32.0 Å². The Morgan fingerprint density at radius 2 is 1.09 bits per heavy atom. The quantitative estimate of drug-likeness (QED) is 0.145. The fraction of sp³-hybridized carbons (Fsp3) is 0.0600. The number of nitrogens with zero attached hydrogens (tertiary/aromatic N) is 3. The van der Waals surface area contributed by atoms with E-state index in [9.17, 15) is 4.79 Å². The molecule has 0 saturated carbocycles. The van der Waals surface area contributed by atoms with Crippen molar-refractivity contribution in [2.75, 3.05) is 4.90 Å². The highest BCUT2D eigenvalue weighted by molar-refractivity contribution is 7.19. The number of benzene rings is 7. The summed E-state index contributed by atoms with van der Waals surface area (Å²) in [4.78, 5) is 16.1. The number of aromatic nitrogens is 2. The Labute approximate surface area is 334 Å². The summed E-state index contributed by atoms with van der Waals surface area (Å²) >= 11 is 3.07. The minimum Gasteiger partial charge on any atom is -0.310 e. The molecule has 268 valence electrons. The molecule has 6 heteroatoms. The van der Waals surface area contributed by atoms with Crippen LogP contribution in [0.2, 0.25) is 0 Å². The molecule has 0 fully saturated rings. The normalized spacial score (nSPS) is 12.7. The predicted octanol–water partition coefficient (Wildman–Crippen LogP) is 13.3. The molecular formula is C50H35N3OS2. The number of carbonyl (C=O) groups is 1. The van der Waals surface area contributed by atoms with Gasteiger partial charge in [-0.05, 0) is 89.7 Å². The zero-order chi connectivity index (χ0) is 37.8. The Kier molecular flexibility index (Phi) is 8.32. The summed E-state index contributed by atoms with van der Waals surface area (Å²) in [6, 6.07) is 60.9. The maximum absolute atomic E-state index is 11.4. The maximum Gasteiger partial charge on any atom is 0.150 e. The number of carbonyl (C=O) groups excluding carboxylic acids is 1. The van der Waals surface area contributed by atoms with Gasteiger partial charge >= 0.3 is 0 Å². The van der Waals surface area contributed by atoms with Crippen molar-refractivity contribution in [2.24, 2.45) is 0 Å². The molecule has 0 N–H and O–H groups in total. The molecular weight excluding hydrogens is 723 g/mol. The lowest BCUT2D eigenvalue weighted by Gasteiger charge is -2.34. The maximum atomic E-state index is 11.4. The minimum atomic E-state index is -0.588. The predicted molar refractivity (Wildman–Crippen MR) is 233 cm³/mol. The first-order valence-corrected chi connectivity index (χ1v) is 20.2. The number of aldehydes is 1. The molecule has 0 amide bonds. The van der Waals surface area contributed by atoms with Gasteiger partial charge in [0.1, 0.15) is 17.3 Å². The second-order valence-electron chi connectivity index (χ2n) is 14.4. The van der Waals surface area contributed by atoms with Crippen molar-refractivity contribution in [3.05, 3.63) is 209 Å². The topological polar surface area (TPSA) is 46.1 Å². The van der Waals surface area contributed by atoms with Crippen LogP contribution in [0.1, 0.15) is 43.7 Å². The summed E-state index contributed by atoms with van der Waals surface area (Å²) in [6.45, 7) is 4.31. The number of fused-ring (bicyclic) bond motifs is 4. The lowest BCUT2D eigenvalue weighted by molar-refractivity contribution is 0.112. The largest absolute Gasteiger partial charge is 0.310 e. The van der Waals surface area contributed by atoms with Gasteiger partial charge in [0, 0.05) is 43.5 Å². The Hall–Kier alpha value is -6.47. The van der Waals surface area contributed by atoms with Gasteiger partial charge in [0.15, 0.2) is 0 Å². The molecule has 10 rings (SSSR count). The SMILES string of the molecule is Cc1ccc(C2(c3ccc(C)cc3)c3cc(N(c4ccccc4)c4ccccc4)ccc3-c3sc(-c4ccc(-c5ccc(C=O)cc5)c5nsnc45)cc32)cc1. The van der Waals surface area contributed by atoms with Crippen molar-refractivity contribution in [2.45, 2.75) is 19.3 Å². The third kappa shape index (κ3) is 5.44. The van der Waals surface area contributed by atoms with Crippen LogP contribution in [0.3, 0.4) is 0 Å². The zero-order valence-electron chi connectivity index (χ0n) is 30.8. The van der Waals surface area contributed by atoms with E-state index < -0.39 is 5.41 Å². The van der Waals surface area contributed by atoms with Crippen molar-refractivity contribution in [1.82, 2.24) is 8.75 Å². The van der Waals surface area contributed by atoms with Gasteiger partial charge in [-0.3, -0.25) is 4.79 Å². The Morgan fingerprint density at radius 3 is 1.68 bits per heavy atom. The first-order chi connectivity index (χ1) is 27.5. The van der Waals surface area contributed by atoms with Crippen molar-refractivity contribution < 1.29 is 4.79 Å². The standard InChI is InChI=1S/C50H35N3OS2/c1-32-13-21-36(22-14-32)50(37-23-15-33(2)16-24-37)44-29-40(53(38-9-5-3-6-10-38)39-11-7-4-8-12-39)25-26-42(44)49-45(50)30-46(55-49)43-28-27-41(47-48(43)52-56-51-47)35-19-17-34(31-54)18-20-35/h3-31H,1-2H3. The summed E-state index contributed by atoms with van der Waals surface area (Å²) in [5.74, 6) is 0. The van der Waals surface area contributed by atoms with Crippen LogP contribution < -0.4 is 4.90 Å². The van der Waals surface area contributed by atoms with Gasteiger partial charge in [-0.15, -0.1) is 11.3 Å². The molecule has 2 aromatic heterocycles. The summed E-state index contributed by atoms with van der Waals surface area (Å²) in [5, 5.41) is 0. The third-order valence-corrected chi connectivity index (χ3v) is 12.8. The summed E-state index contributed by atoms with van der Waals surface area (Å²) in [5.41, 5.74) is 16.9. The number of para-hydroxylation sites is 2. The summed E-state index contributed by atoms with van der Waals surface area (Å²) < 4.78 is 9.68. The molecule has 0 bridgehead atoms. The fourth-order valence-corrected chi connectivity index (χ4v) is 10.2. The number of thiophene rings is 1. The number of hydrogen-bond acceptors (Lipinski definition) is 6. The Bertz CT molecular complexity index is 2790. The van der Waals surface area contributed by atoms with E-state index in [1.165, 1.54) is 55.5 Å². The molecule has 56 heavy (non-hydrogen) atoms. The highest BCUT2D eigenvalue weighted by Gasteiger charge is 2.48. The van der Waals surface area contributed by atoms with Gasteiger partial charge in [0.2, 0.25) is 0 Å². The van der Waals surface area contributed by atoms with Crippen LogP contribution in [0.25, 0.3) is 43.0 Å². The van der Waals surface area contributed by atoms with Crippen molar-refractivity contribution in [3.63, 3.8) is 0 Å². The second-order valence-corrected chi connectivity index (χ2v) is 16.0. The smallest absolute Gasteiger partial charge is 0.150 e. The molecule has 1 aliphatic carbocycles. The molecule has 0 unspecified atom stereocenters. The van der Waals surface area contributed by atoms with Crippen LogP contribution >= 0.6 is 23.1 Å². The second kappa shape index (κ2) is 13.7. The molecule has 0 saturated heterocycles. The van der Waals surface area contributed by atoms with Crippen LogP contribution in [0.15, 0.2) is 170 Å². The Balaban J connectivity index is 1.22. The van der Waals surface area contributed by atoms with Crippen LogP contribution in [-0.2, 0) is 5.41 Å². The summed E-state index contributed by atoms with van der Waals surface area (Å²) in [7, 11) is 0. The lowest BCUT2D eigenvalue weighted by Crippen LogP contribution is -2.28. The average Bonchev–Trinajstić information content (AvgIpc) is 3.98. The molecule has 2 heterocycles. The zero-order valence-corrected chi connectivity index (χ0v) is 32.4. The lowest BCUT2D eigenvalue weighted by atomic mass is 9.67. The van der Waals surface area contributed by atoms with Crippen LogP contribution in [-0.4, -0.2) is 15.0 Å². The molecule has 0 atom stereocenters. The molecule has 4 nitrogen and oxygen atoms in total. The molecule has 1 aliphatic rings. The fourth-order valence-electron chi connectivity index (χ4n) is 8.36. The minimum absolute atomic E-state index is 0.588. The van der Waals surface area contributed by atoms with Gasteiger partial charge in [-0.1, -0.05) is 139 Å². The molecule has 0 radical (unpaired) electrons. The van der Waals surface area contributed by atoms with Gasteiger partial charge < -0.3 is 4.90 Å².